The third-order valence-electron chi connectivity index (χ3n) is 2.01. The van der Waals surface area contributed by atoms with E-state index >= 15 is 0 Å². The molecule has 0 fully saturated rings. The number of halogens is 1. The topological polar surface area (TPSA) is 81.2 Å². The van der Waals surface area contributed by atoms with E-state index in [4.69, 9.17) is 4.74 Å². The molecular formula is C9H8BrN3O3S2. The molecule has 6 nitrogen and oxygen atoms in total. The summed E-state index contributed by atoms with van der Waals surface area (Å²) in [6.07, 6.45) is 1.34. The highest BCUT2D eigenvalue weighted by Crippen LogP contribution is 2.29. The van der Waals surface area contributed by atoms with Gasteiger partial charge < -0.3 is 4.74 Å². The van der Waals surface area contributed by atoms with Gasteiger partial charge in [-0.25, -0.2) is 8.42 Å². The van der Waals surface area contributed by atoms with Crippen molar-refractivity contribution < 1.29 is 13.2 Å². The summed E-state index contributed by atoms with van der Waals surface area (Å²) in [6, 6.07) is 4.74. The molecule has 1 aromatic carbocycles. The van der Waals surface area contributed by atoms with Gasteiger partial charge in [-0.05, 0) is 18.2 Å². The molecule has 2 aromatic rings. The molecule has 0 aliphatic heterocycles. The first kappa shape index (κ1) is 13.2. The fraction of sp³-hybridized carbons (Fsp3) is 0.111. The van der Waals surface area contributed by atoms with Crippen LogP contribution in [0.25, 0.3) is 0 Å². The average molecular weight is 350 g/mol. The predicted molar refractivity (Wildman–Crippen MR) is 71.4 cm³/mol. The molecule has 1 N–H and O–H groups in total. The van der Waals surface area contributed by atoms with E-state index in [9.17, 15) is 8.42 Å². The molecule has 0 saturated carbocycles. The number of rotatable bonds is 4. The first-order valence-corrected chi connectivity index (χ1v) is 7.71. The summed E-state index contributed by atoms with van der Waals surface area (Å²) in [4.78, 5) is 0.0489. The molecule has 0 aliphatic carbocycles. The van der Waals surface area contributed by atoms with Crippen molar-refractivity contribution in [2.45, 2.75) is 4.90 Å². The van der Waals surface area contributed by atoms with Gasteiger partial charge in [-0.15, -0.1) is 5.10 Å². The van der Waals surface area contributed by atoms with Crippen LogP contribution in [0.5, 0.6) is 5.75 Å². The van der Waals surface area contributed by atoms with Gasteiger partial charge in [0.25, 0.3) is 10.0 Å². The largest absolute Gasteiger partial charge is 0.495 e. The van der Waals surface area contributed by atoms with Crippen LogP contribution in [0.3, 0.4) is 0 Å². The average Bonchev–Trinajstić information content (AvgIpc) is 2.81. The van der Waals surface area contributed by atoms with Crippen molar-refractivity contribution in [3.8, 4) is 5.75 Å². The minimum Gasteiger partial charge on any atom is -0.495 e. The summed E-state index contributed by atoms with van der Waals surface area (Å²) in [5, 5.41) is 3.91. The van der Waals surface area contributed by atoms with Crippen molar-refractivity contribution >= 4 is 42.5 Å². The van der Waals surface area contributed by atoms with E-state index in [-0.39, 0.29) is 10.6 Å². The second kappa shape index (κ2) is 5.21. The Bertz CT molecular complexity index is 643. The molecule has 0 bridgehead atoms. The number of aromatic nitrogens is 2. The Hall–Kier alpha value is -1.19. The SMILES string of the molecule is COc1ccc(Br)cc1S(=O)(=O)Nc1cnns1. The van der Waals surface area contributed by atoms with E-state index in [1.807, 2.05) is 0 Å². The van der Waals surface area contributed by atoms with E-state index in [1.54, 1.807) is 12.1 Å². The van der Waals surface area contributed by atoms with Crippen molar-refractivity contribution in [1.82, 2.24) is 9.59 Å². The molecule has 0 radical (unpaired) electrons. The van der Waals surface area contributed by atoms with Gasteiger partial charge in [0, 0.05) is 16.0 Å². The second-order valence-corrected chi connectivity index (χ2v) is 6.53. The lowest BCUT2D eigenvalue weighted by Gasteiger charge is -2.10. The van der Waals surface area contributed by atoms with Gasteiger partial charge >= 0.3 is 0 Å². The Morgan fingerprint density at radius 3 is 2.83 bits per heavy atom. The van der Waals surface area contributed by atoms with E-state index in [1.165, 1.54) is 19.4 Å². The van der Waals surface area contributed by atoms with Crippen LogP contribution in [-0.2, 0) is 10.0 Å². The van der Waals surface area contributed by atoms with Crippen LogP contribution >= 0.6 is 27.5 Å². The Labute approximate surface area is 116 Å². The van der Waals surface area contributed by atoms with Gasteiger partial charge in [-0.2, -0.15) is 0 Å². The van der Waals surface area contributed by atoms with Crippen LogP contribution in [0.15, 0.2) is 33.8 Å². The highest BCUT2D eigenvalue weighted by atomic mass is 79.9. The van der Waals surface area contributed by atoms with Gasteiger partial charge in [-0.3, -0.25) is 4.72 Å². The number of methoxy groups -OCH3 is 1. The summed E-state index contributed by atoms with van der Waals surface area (Å²) in [5.41, 5.74) is 0. The van der Waals surface area contributed by atoms with Crippen LogP contribution in [0.1, 0.15) is 0 Å². The van der Waals surface area contributed by atoms with Crippen LogP contribution in [-0.4, -0.2) is 25.1 Å². The van der Waals surface area contributed by atoms with Crippen molar-refractivity contribution in [2.75, 3.05) is 11.8 Å². The molecule has 0 saturated heterocycles. The second-order valence-electron chi connectivity index (χ2n) is 3.18. The van der Waals surface area contributed by atoms with Gasteiger partial charge in [0.2, 0.25) is 0 Å². The molecule has 0 amide bonds. The summed E-state index contributed by atoms with van der Waals surface area (Å²) >= 11 is 4.18. The van der Waals surface area contributed by atoms with E-state index in [0.717, 1.165) is 11.5 Å². The standard InChI is InChI=1S/C9H8BrN3O3S2/c1-16-7-3-2-6(10)4-8(7)18(14,15)12-9-5-11-13-17-9/h2-5,12H,1H3. The zero-order valence-electron chi connectivity index (χ0n) is 9.12. The van der Waals surface area contributed by atoms with E-state index in [2.05, 4.69) is 30.2 Å². The lowest BCUT2D eigenvalue weighted by molar-refractivity contribution is 0.403. The first-order chi connectivity index (χ1) is 8.53. The molecular weight excluding hydrogens is 342 g/mol. The molecule has 1 aromatic heterocycles. The molecule has 0 spiro atoms. The maximum Gasteiger partial charge on any atom is 0.266 e. The Kier molecular flexibility index (Phi) is 3.83. The predicted octanol–water partition coefficient (Wildman–Crippen LogP) is 2.11. The summed E-state index contributed by atoms with van der Waals surface area (Å²) < 4.78 is 36.0. The number of benzene rings is 1. The monoisotopic (exact) mass is 349 g/mol. The minimum atomic E-state index is -3.72. The quantitative estimate of drug-likeness (QED) is 0.913. The van der Waals surface area contributed by atoms with Gasteiger partial charge in [-0.1, -0.05) is 20.4 Å². The summed E-state index contributed by atoms with van der Waals surface area (Å²) in [6.45, 7) is 0. The zero-order chi connectivity index (χ0) is 13.2. The maximum absolute atomic E-state index is 12.2. The summed E-state index contributed by atoms with van der Waals surface area (Å²) in [5.74, 6) is 0.267. The molecule has 18 heavy (non-hydrogen) atoms. The lowest BCUT2D eigenvalue weighted by Crippen LogP contribution is -2.13. The Morgan fingerprint density at radius 1 is 1.44 bits per heavy atom. The van der Waals surface area contributed by atoms with Crippen LogP contribution in [0.4, 0.5) is 5.00 Å². The number of ether oxygens (including phenoxy) is 1. The first-order valence-electron chi connectivity index (χ1n) is 4.66. The number of hydrogen-bond acceptors (Lipinski definition) is 6. The number of nitrogens with one attached hydrogen (secondary N) is 1. The van der Waals surface area contributed by atoms with E-state index < -0.39 is 10.0 Å². The van der Waals surface area contributed by atoms with Crippen LogP contribution < -0.4 is 9.46 Å². The molecule has 0 aliphatic rings. The third kappa shape index (κ3) is 2.79. The highest BCUT2D eigenvalue weighted by molar-refractivity contribution is 9.10. The van der Waals surface area contributed by atoms with Crippen LogP contribution in [0.2, 0.25) is 0 Å². The molecule has 9 heteroatoms. The molecule has 1 heterocycles. The van der Waals surface area contributed by atoms with Gasteiger partial charge in [0.1, 0.15) is 15.6 Å². The van der Waals surface area contributed by atoms with E-state index in [0.29, 0.717) is 9.47 Å². The molecule has 0 atom stereocenters. The number of nitrogens with zero attached hydrogens (tertiary/aromatic N) is 2. The maximum atomic E-state index is 12.2. The third-order valence-corrected chi connectivity index (χ3v) is 4.60. The normalized spacial score (nSPS) is 11.2. The fourth-order valence-electron chi connectivity index (χ4n) is 1.26. The number of sulfonamides is 1. The molecule has 96 valence electrons. The minimum absolute atomic E-state index is 0.0489. The smallest absolute Gasteiger partial charge is 0.266 e. The van der Waals surface area contributed by atoms with Crippen molar-refractivity contribution in [3.63, 3.8) is 0 Å². The van der Waals surface area contributed by atoms with Gasteiger partial charge in [0.05, 0.1) is 13.3 Å². The summed E-state index contributed by atoms with van der Waals surface area (Å²) in [7, 11) is -2.31. The zero-order valence-corrected chi connectivity index (χ0v) is 12.3. The molecule has 0 unspecified atom stereocenters. The highest BCUT2D eigenvalue weighted by Gasteiger charge is 2.20. The Morgan fingerprint density at radius 2 is 2.22 bits per heavy atom. The molecule has 2 rings (SSSR count). The fourth-order valence-corrected chi connectivity index (χ4v) is 3.65. The number of anilines is 1. The lowest BCUT2D eigenvalue weighted by atomic mass is 10.3. The van der Waals surface area contributed by atoms with Crippen molar-refractivity contribution in [1.29, 1.82) is 0 Å². The van der Waals surface area contributed by atoms with Gasteiger partial charge in [0.15, 0.2) is 0 Å². The number of hydrogen-bond donors (Lipinski definition) is 1. The van der Waals surface area contributed by atoms with Crippen LogP contribution in [0, 0.1) is 0 Å². The van der Waals surface area contributed by atoms with Crippen molar-refractivity contribution in [2.24, 2.45) is 0 Å². The van der Waals surface area contributed by atoms with Crippen molar-refractivity contribution in [3.05, 3.63) is 28.9 Å². The Balaban J connectivity index is 2.43.